The monoisotopic (exact) mass is 406 g/mol. The normalized spacial score (nSPS) is 12.3. The number of unbranched alkanes of at least 4 members (excludes halogenated alkanes) is 2. The Hall–Kier alpha value is -2.03. The molecule has 0 bridgehead atoms. The van der Waals surface area contributed by atoms with E-state index in [2.05, 4.69) is 0 Å². The number of carbonyl (C=O) groups is 1. The summed E-state index contributed by atoms with van der Waals surface area (Å²) < 4.78 is 63.7. The van der Waals surface area contributed by atoms with Crippen LogP contribution < -0.4 is 4.72 Å². The van der Waals surface area contributed by atoms with Crippen LogP contribution in [0.4, 0.5) is 18.0 Å². The van der Waals surface area contributed by atoms with Gasteiger partial charge in [0.25, 0.3) is 10.0 Å². The van der Waals surface area contributed by atoms with Crippen molar-refractivity contribution in [1.82, 2.24) is 9.62 Å². The van der Waals surface area contributed by atoms with Gasteiger partial charge >= 0.3 is 12.2 Å². The highest BCUT2D eigenvalue weighted by molar-refractivity contribution is 7.93. The van der Waals surface area contributed by atoms with Gasteiger partial charge in [-0.25, -0.2) is 17.9 Å². The van der Waals surface area contributed by atoms with E-state index in [9.17, 15) is 26.4 Å². The lowest BCUT2D eigenvalue weighted by molar-refractivity contribution is -0.137. The van der Waals surface area contributed by atoms with Crippen LogP contribution in [-0.2, 0) is 16.2 Å². The number of urea groups is 1. The zero-order valence-corrected chi connectivity index (χ0v) is 16.2. The van der Waals surface area contributed by atoms with Crippen LogP contribution in [0, 0.1) is 0 Å². The molecule has 0 fully saturated rings. The van der Waals surface area contributed by atoms with E-state index >= 15 is 0 Å². The van der Waals surface area contributed by atoms with Crippen molar-refractivity contribution >= 4 is 22.1 Å². The number of alkyl halides is 3. The van der Waals surface area contributed by atoms with Gasteiger partial charge in [0, 0.05) is 13.1 Å². The average Bonchev–Trinajstić information content (AvgIpc) is 2.59. The first-order valence-electron chi connectivity index (χ1n) is 8.76. The Morgan fingerprint density at radius 1 is 1.07 bits per heavy atom. The molecule has 0 atom stereocenters. The molecule has 0 spiro atoms. The summed E-state index contributed by atoms with van der Waals surface area (Å²) in [5.41, 5.74) is -0.548. The molecule has 0 radical (unpaired) electrons. The Morgan fingerprint density at radius 3 is 2.04 bits per heavy atom. The first kappa shape index (κ1) is 23.0. The van der Waals surface area contributed by atoms with Crippen LogP contribution in [0.5, 0.6) is 0 Å². The molecule has 0 saturated carbocycles. The van der Waals surface area contributed by atoms with Crippen molar-refractivity contribution in [2.75, 3.05) is 13.1 Å². The summed E-state index contributed by atoms with van der Waals surface area (Å²) in [4.78, 5) is 13.7. The zero-order valence-electron chi connectivity index (χ0n) is 15.4. The number of nitrogens with zero attached hydrogens (tertiary/aromatic N) is 1. The predicted octanol–water partition coefficient (Wildman–Crippen LogP) is 4.62. The lowest BCUT2D eigenvalue weighted by atomic mass is 10.1. The predicted molar refractivity (Wildman–Crippen MR) is 99.3 cm³/mol. The van der Waals surface area contributed by atoms with Crippen LogP contribution in [0.1, 0.15) is 50.7 Å². The summed E-state index contributed by atoms with van der Waals surface area (Å²) in [5, 5.41) is 0.769. The second kappa shape index (κ2) is 10.3. The average molecular weight is 406 g/mol. The van der Waals surface area contributed by atoms with Crippen LogP contribution in [0.15, 0.2) is 29.7 Å². The maximum Gasteiger partial charge on any atom is 0.416 e. The van der Waals surface area contributed by atoms with Gasteiger partial charge in [-0.2, -0.15) is 13.2 Å². The number of amides is 2. The molecule has 27 heavy (non-hydrogen) atoms. The Bertz CT molecular complexity index is 721. The van der Waals surface area contributed by atoms with Gasteiger partial charge in [0.1, 0.15) is 0 Å². The lowest BCUT2D eigenvalue weighted by Gasteiger charge is -2.22. The summed E-state index contributed by atoms with van der Waals surface area (Å²) in [6.45, 7) is 4.86. The molecule has 1 rings (SSSR count). The number of benzene rings is 1. The van der Waals surface area contributed by atoms with Gasteiger partial charge in [-0.3, -0.25) is 0 Å². The van der Waals surface area contributed by atoms with Crippen molar-refractivity contribution in [3.63, 3.8) is 0 Å². The first-order chi connectivity index (χ1) is 12.6. The van der Waals surface area contributed by atoms with E-state index < -0.39 is 27.8 Å². The standard InChI is InChI=1S/C18H25F3N2O3S/c1-3-5-12-23(13-6-4-2)17(24)22-27(25,26)14-11-15-7-9-16(10-8-15)18(19,20)21/h7-11,14H,3-6,12-13H2,1-2H3,(H,22,24). The Kier molecular flexibility index (Phi) is 8.81. The minimum absolute atomic E-state index is 0.273. The minimum Gasteiger partial charge on any atom is -0.324 e. The molecule has 0 saturated heterocycles. The Labute approximate surface area is 158 Å². The number of hydrogen-bond donors (Lipinski definition) is 1. The van der Waals surface area contributed by atoms with Crippen LogP contribution in [0.3, 0.4) is 0 Å². The van der Waals surface area contributed by atoms with E-state index in [0.717, 1.165) is 61.4 Å². The third kappa shape index (κ3) is 8.47. The fourth-order valence-electron chi connectivity index (χ4n) is 2.18. The van der Waals surface area contributed by atoms with Gasteiger partial charge in [0.15, 0.2) is 0 Å². The van der Waals surface area contributed by atoms with Crippen molar-refractivity contribution in [1.29, 1.82) is 0 Å². The van der Waals surface area contributed by atoms with Crippen molar-refractivity contribution in [3.8, 4) is 0 Å². The van der Waals surface area contributed by atoms with Crippen LogP contribution in [0.25, 0.3) is 6.08 Å². The van der Waals surface area contributed by atoms with Gasteiger partial charge in [-0.15, -0.1) is 0 Å². The molecule has 2 amide bonds. The van der Waals surface area contributed by atoms with Gasteiger partial charge < -0.3 is 4.90 Å². The van der Waals surface area contributed by atoms with E-state index in [1.165, 1.54) is 4.90 Å². The van der Waals surface area contributed by atoms with Gasteiger partial charge in [0.2, 0.25) is 0 Å². The third-order valence-electron chi connectivity index (χ3n) is 3.76. The highest BCUT2D eigenvalue weighted by Gasteiger charge is 2.29. The van der Waals surface area contributed by atoms with Crippen molar-refractivity contribution in [2.45, 2.75) is 45.7 Å². The Morgan fingerprint density at radius 2 is 1.59 bits per heavy atom. The van der Waals surface area contributed by atoms with Gasteiger partial charge in [-0.05, 0) is 36.6 Å². The van der Waals surface area contributed by atoms with Crippen molar-refractivity contribution in [3.05, 3.63) is 40.8 Å². The molecule has 1 aromatic rings. The van der Waals surface area contributed by atoms with E-state index in [1.54, 1.807) is 0 Å². The highest BCUT2D eigenvalue weighted by Crippen LogP contribution is 2.29. The number of rotatable bonds is 9. The van der Waals surface area contributed by atoms with Crippen molar-refractivity contribution < 1.29 is 26.4 Å². The molecule has 5 nitrogen and oxygen atoms in total. The molecule has 152 valence electrons. The molecule has 0 aliphatic carbocycles. The molecule has 0 aliphatic heterocycles. The number of sulfonamides is 1. The lowest BCUT2D eigenvalue weighted by Crippen LogP contribution is -2.43. The first-order valence-corrected chi connectivity index (χ1v) is 10.3. The minimum atomic E-state index is -4.46. The molecular weight excluding hydrogens is 381 g/mol. The fraction of sp³-hybridized carbons (Fsp3) is 0.500. The number of carbonyl (C=O) groups excluding carboxylic acids is 1. The maximum atomic E-state index is 12.5. The largest absolute Gasteiger partial charge is 0.416 e. The zero-order chi connectivity index (χ0) is 20.5. The fourth-order valence-corrected chi connectivity index (χ4v) is 2.96. The molecule has 0 unspecified atom stereocenters. The van der Waals surface area contributed by atoms with Gasteiger partial charge in [-0.1, -0.05) is 38.8 Å². The molecule has 1 aromatic carbocycles. The SMILES string of the molecule is CCCCN(CCCC)C(=O)NS(=O)(=O)C=Cc1ccc(C(F)(F)F)cc1. The number of nitrogens with one attached hydrogen (secondary N) is 1. The topological polar surface area (TPSA) is 66.5 Å². The summed E-state index contributed by atoms with van der Waals surface area (Å²) in [7, 11) is -4.06. The van der Waals surface area contributed by atoms with Crippen molar-refractivity contribution in [2.24, 2.45) is 0 Å². The summed E-state index contributed by atoms with van der Waals surface area (Å²) >= 11 is 0. The molecule has 9 heteroatoms. The number of halogens is 3. The van der Waals surface area contributed by atoms with Gasteiger partial charge in [0.05, 0.1) is 11.0 Å². The third-order valence-corrected chi connectivity index (χ3v) is 4.71. The van der Waals surface area contributed by atoms with Crippen LogP contribution >= 0.6 is 0 Å². The summed E-state index contributed by atoms with van der Waals surface area (Å²) in [6.07, 6.45) is -0.0506. The highest BCUT2D eigenvalue weighted by atomic mass is 32.2. The smallest absolute Gasteiger partial charge is 0.324 e. The maximum absolute atomic E-state index is 12.5. The second-order valence-corrected chi connectivity index (χ2v) is 7.64. The summed E-state index contributed by atoms with van der Waals surface area (Å²) in [6, 6.07) is 3.34. The van der Waals surface area contributed by atoms with E-state index in [0.29, 0.717) is 13.1 Å². The van der Waals surface area contributed by atoms with Crippen LogP contribution in [-0.4, -0.2) is 32.4 Å². The molecule has 0 aliphatic rings. The Balaban J connectivity index is 2.77. The van der Waals surface area contributed by atoms with E-state index in [1.807, 2.05) is 18.6 Å². The van der Waals surface area contributed by atoms with Crippen LogP contribution in [0.2, 0.25) is 0 Å². The quantitative estimate of drug-likeness (QED) is 0.651. The van der Waals surface area contributed by atoms with E-state index in [4.69, 9.17) is 0 Å². The molecule has 0 aromatic heterocycles. The van der Waals surface area contributed by atoms with E-state index in [-0.39, 0.29) is 5.56 Å². The second-order valence-electron chi connectivity index (χ2n) is 6.07. The summed E-state index contributed by atoms with van der Waals surface area (Å²) in [5.74, 6) is 0. The number of hydrogen-bond acceptors (Lipinski definition) is 3. The molecule has 0 heterocycles. The molecular formula is C18H25F3N2O3S. The molecule has 1 N–H and O–H groups in total.